The van der Waals surface area contributed by atoms with Gasteiger partial charge in [-0.3, -0.25) is 0 Å². The third-order valence-corrected chi connectivity index (χ3v) is 3.29. The number of hydrogen-bond acceptors (Lipinski definition) is 1. The van der Waals surface area contributed by atoms with Crippen LogP contribution in [-0.2, 0) is 6.42 Å². The van der Waals surface area contributed by atoms with Gasteiger partial charge in [0.15, 0.2) is 0 Å². The zero-order valence-electron chi connectivity index (χ0n) is 9.71. The van der Waals surface area contributed by atoms with Crippen molar-refractivity contribution in [3.05, 3.63) is 69.4 Å². The van der Waals surface area contributed by atoms with Crippen LogP contribution >= 0.6 is 15.9 Å². The van der Waals surface area contributed by atoms with Gasteiger partial charge in [-0.1, -0.05) is 6.07 Å². The van der Waals surface area contributed by atoms with Crippen LogP contribution in [-0.4, -0.2) is 5.11 Å². The smallest absolute Gasteiger partial charge is 0.137 e. The molecule has 0 aromatic heterocycles. The Hall–Kier alpha value is -1.33. The summed E-state index contributed by atoms with van der Waals surface area (Å²) in [6, 6.07) is 7.19. The Balaban J connectivity index is 2.20. The highest BCUT2D eigenvalue weighted by Gasteiger charge is 2.12. The van der Waals surface area contributed by atoms with E-state index in [1.807, 2.05) is 0 Å². The van der Waals surface area contributed by atoms with Gasteiger partial charge in [-0.15, -0.1) is 0 Å². The predicted octanol–water partition coefficient (Wildman–Crippen LogP) is 4.14. The fourth-order valence-corrected chi connectivity index (χ4v) is 2.20. The van der Waals surface area contributed by atoms with Crippen LogP contribution in [0.4, 0.5) is 13.2 Å². The van der Waals surface area contributed by atoms with Gasteiger partial charge in [0.05, 0.1) is 10.6 Å². The van der Waals surface area contributed by atoms with E-state index in [4.69, 9.17) is 0 Å². The zero-order valence-corrected chi connectivity index (χ0v) is 11.3. The summed E-state index contributed by atoms with van der Waals surface area (Å²) in [6.45, 7) is 0. The van der Waals surface area contributed by atoms with Crippen LogP contribution in [0.2, 0.25) is 0 Å². The van der Waals surface area contributed by atoms with Crippen molar-refractivity contribution in [2.24, 2.45) is 0 Å². The minimum absolute atomic E-state index is 0.141. The lowest BCUT2D eigenvalue weighted by Gasteiger charge is -2.12. The Kier molecular flexibility index (Phi) is 4.27. The zero-order chi connectivity index (χ0) is 14.0. The second-order valence-corrected chi connectivity index (χ2v) is 5.03. The van der Waals surface area contributed by atoms with E-state index in [0.29, 0.717) is 5.56 Å². The van der Waals surface area contributed by atoms with Gasteiger partial charge in [0, 0.05) is 12.5 Å². The predicted molar refractivity (Wildman–Crippen MR) is 69.1 cm³/mol. The number of aliphatic hydroxyl groups excluding tert-OH is 1. The molecule has 0 aliphatic carbocycles. The standard InChI is InChI=1S/C14H10BrF3O/c15-12-3-8(1-2-13(12)18)4-14(19)9-5-10(16)7-11(17)6-9/h1-3,5-7,14,19H,4H2. The molecule has 0 aliphatic heterocycles. The first kappa shape index (κ1) is 14.1. The molecule has 0 bridgehead atoms. The molecule has 1 atom stereocenters. The van der Waals surface area contributed by atoms with Crippen molar-refractivity contribution in [3.8, 4) is 0 Å². The van der Waals surface area contributed by atoms with Crippen LogP contribution in [0.1, 0.15) is 17.2 Å². The Morgan fingerprint density at radius 3 is 2.21 bits per heavy atom. The molecule has 2 aromatic rings. The molecule has 2 rings (SSSR count). The SMILES string of the molecule is OC(Cc1ccc(F)c(Br)c1)c1cc(F)cc(F)c1. The summed E-state index contributed by atoms with van der Waals surface area (Å²) in [4.78, 5) is 0. The molecule has 0 radical (unpaired) electrons. The molecule has 100 valence electrons. The van der Waals surface area contributed by atoms with Crippen LogP contribution in [0.5, 0.6) is 0 Å². The molecule has 0 aliphatic rings. The van der Waals surface area contributed by atoms with Gasteiger partial charge in [-0.2, -0.15) is 0 Å². The van der Waals surface area contributed by atoms with Crippen molar-refractivity contribution < 1.29 is 18.3 Å². The summed E-state index contributed by atoms with van der Waals surface area (Å²) in [7, 11) is 0. The molecular weight excluding hydrogens is 321 g/mol. The highest BCUT2D eigenvalue weighted by molar-refractivity contribution is 9.10. The summed E-state index contributed by atoms with van der Waals surface area (Å²) in [5, 5.41) is 9.94. The number of rotatable bonds is 3. The van der Waals surface area contributed by atoms with Crippen molar-refractivity contribution in [1.29, 1.82) is 0 Å². The lowest BCUT2D eigenvalue weighted by molar-refractivity contribution is 0.177. The average molecular weight is 331 g/mol. The minimum atomic E-state index is -1.05. The van der Waals surface area contributed by atoms with Crippen molar-refractivity contribution >= 4 is 15.9 Å². The lowest BCUT2D eigenvalue weighted by atomic mass is 10.0. The molecule has 1 unspecified atom stereocenters. The van der Waals surface area contributed by atoms with E-state index in [9.17, 15) is 18.3 Å². The van der Waals surface area contributed by atoms with Gasteiger partial charge in [0.25, 0.3) is 0 Å². The maximum Gasteiger partial charge on any atom is 0.137 e. The fourth-order valence-electron chi connectivity index (χ4n) is 1.78. The molecule has 2 aromatic carbocycles. The number of halogens is 4. The number of benzene rings is 2. The number of hydrogen-bond donors (Lipinski definition) is 1. The van der Waals surface area contributed by atoms with Crippen LogP contribution in [0, 0.1) is 17.5 Å². The van der Waals surface area contributed by atoms with Crippen molar-refractivity contribution in [2.45, 2.75) is 12.5 Å². The van der Waals surface area contributed by atoms with Gasteiger partial charge in [-0.05, 0) is 51.3 Å². The van der Waals surface area contributed by atoms with Crippen LogP contribution < -0.4 is 0 Å². The average Bonchev–Trinajstić information content (AvgIpc) is 2.32. The normalized spacial score (nSPS) is 12.5. The highest BCUT2D eigenvalue weighted by Crippen LogP contribution is 2.23. The molecule has 1 nitrogen and oxygen atoms in total. The molecule has 0 heterocycles. The highest BCUT2D eigenvalue weighted by atomic mass is 79.9. The first-order valence-corrected chi connectivity index (χ1v) is 6.33. The summed E-state index contributed by atoms with van der Waals surface area (Å²) < 4.78 is 39.4. The minimum Gasteiger partial charge on any atom is -0.388 e. The van der Waals surface area contributed by atoms with Crippen molar-refractivity contribution in [2.75, 3.05) is 0 Å². The van der Waals surface area contributed by atoms with Crippen LogP contribution in [0.25, 0.3) is 0 Å². The molecule has 5 heteroatoms. The van der Waals surface area contributed by atoms with Gasteiger partial charge < -0.3 is 5.11 Å². The number of aliphatic hydroxyl groups is 1. The second kappa shape index (κ2) is 5.75. The van der Waals surface area contributed by atoms with E-state index in [-0.39, 0.29) is 16.5 Å². The van der Waals surface area contributed by atoms with E-state index < -0.39 is 23.6 Å². The summed E-state index contributed by atoms with van der Waals surface area (Å²) in [5.41, 5.74) is 0.809. The third kappa shape index (κ3) is 3.58. The lowest BCUT2D eigenvalue weighted by Crippen LogP contribution is -2.03. The monoisotopic (exact) mass is 330 g/mol. The van der Waals surface area contributed by atoms with Gasteiger partial charge in [0.1, 0.15) is 17.5 Å². The van der Waals surface area contributed by atoms with E-state index >= 15 is 0 Å². The maximum absolute atomic E-state index is 13.1. The first-order chi connectivity index (χ1) is 8.95. The molecule has 1 N–H and O–H groups in total. The molecule has 0 amide bonds. The Morgan fingerprint density at radius 2 is 1.63 bits per heavy atom. The van der Waals surface area contributed by atoms with Crippen LogP contribution in [0.3, 0.4) is 0 Å². The quantitative estimate of drug-likeness (QED) is 0.896. The Morgan fingerprint density at radius 1 is 1.00 bits per heavy atom. The van der Waals surface area contributed by atoms with Gasteiger partial charge in [0.2, 0.25) is 0 Å². The molecular formula is C14H10BrF3O. The fraction of sp³-hybridized carbons (Fsp3) is 0.143. The first-order valence-electron chi connectivity index (χ1n) is 5.53. The summed E-state index contributed by atoms with van der Waals surface area (Å²) >= 11 is 3.04. The second-order valence-electron chi connectivity index (χ2n) is 4.17. The van der Waals surface area contributed by atoms with Crippen LogP contribution in [0.15, 0.2) is 40.9 Å². The van der Waals surface area contributed by atoms with Crippen molar-refractivity contribution in [3.63, 3.8) is 0 Å². The Bertz CT molecular complexity index is 581. The molecule has 0 saturated carbocycles. The van der Waals surface area contributed by atoms with Gasteiger partial charge >= 0.3 is 0 Å². The van der Waals surface area contributed by atoms with E-state index in [1.54, 1.807) is 0 Å². The third-order valence-electron chi connectivity index (χ3n) is 2.68. The van der Waals surface area contributed by atoms with E-state index in [0.717, 1.165) is 18.2 Å². The maximum atomic E-state index is 13.1. The van der Waals surface area contributed by atoms with E-state index in [2.05, 4.69) is 15.9 Å². The van der Waals surface area contributed by atoms with Gasteiger partial charge in [-0.25, -0.2) is 13.2 Å². The molecule has 0 saturated heterocycles. The van der Waals surface area contributed by atoms with E-state index in [1.165, 1.54) is 18.2 Å². The summed E-state index contributed by atoms with van der Waals surface area (Å²) in [5.74, 6) is -1.89. The topological polar surface area (TPSA) is 20.2 Å². The largest absolute Gasteiger partial charge is 0.388 e. The molecule has 0 spiro atoms. The molecule has 0 fully saturated rings. The summed E-state index contributed by atoms with van der Waals surface area (Å²) in [6.07, 6.45) is -0.913. The molecule has 19 heavy (non-hydrogen) atoms. The Labute approximate surface area is 116 Å². The van der Waals surface area contributed by atoms with Crippen molar-refractivity contribution in [1.82, 2.24) is 0 Å².